The fourth-order valence-electron chi connectivity index (χ4n) is 2.57. The Bertz CT molecular complexity index is 805. The Morgan fingerprint density at radius 3 is 2.74 bits per heavy atom. The monoisotopic (exact) mass is 316 g/mol. The summed E-state index contributed by atoms with van der Waals surface area (Å²) in [5.41, 5.74) is 1.61. The Morgan fingerprint density at radius 2 is 2.00 bits per heavy atom. The zero-order valence-electron chi connectivity index (χ0n) is 12.3. The van der Waals surface area contributed by atoms with Crippen LogP contribution < -0.4 is 10.6 Å². The zero-order chi connectivity index (χ0) is 16.6. The van der Waals surface area contributed by atoms with E-state index < -0.39 is 23.5 Å². The van der Waals surface area contributed by atoms with E-state index in [2.05, 4.69) is 10.6 Å². The summed E-state index contributed by atoms with van der Waals surface area (Å²) in [5.74, 6) is -2.46. The summed E-state index contributed by atoms with van der Waals surface area (Å²) in [5, 5.41) is 5.15. The lowest BCUT2D eigenvalue weighted by molar-refractivity contribution is -0.123. The van der Waals surface area contributed by atoms with E-state index in [-0.39, 0.29) is 18.0 Å². The number of anilines is 2. The molecule has 0 aromatic heterocycles. The van der Waals surface area contributed by atoms with E-state index in [0.29, 0.717) is 16.8 Å². The van der Waals surface area contributed by atoms with Gasteiger partial charge in [-0.25, -0.2) is 8.78 Å². The molecule has 6 heteroatoms. The smallest absolute Gasteiger partial charge is 0.232 e. The van der Waals surface area contributed by atoms with Crippen molar-refractivity contribution < 1.29 is 18.4 Å². The van der Waals surface area contributed by atoms with Gasteiger partial charge in [-0.2, -0.15) is 0 Å². The van der Waals surface area contributed by atoms with Crippen LogP contribution in [-0.2, 0) is 9.59 Å². The van der Waals surface area contributed by atoms with Crippen LogP contribution in [0.15, 0.2) is 36.4 Å². The Kier molecular flexibility index (Phi) is 3.82. The standard InChI is InChI=1S/C17H14F2N2O2/c1-9-2-4-11(7-14(9)19)20-17(23)13-8-16(22)21-15-6-10(18)3-5-12(13)15/h2-7,13H,8H2,1H3,(H,20,23)(H,21,22)/t13-/m0/s1. The largest absolute Gasteiger partial charge is 0.326 e. The van der Waals surface area contributed by atoms with Gasteiger partial charge in [-0.1, -0.05) is 12.1 Å². The van der Waals surface area contributed by atoms with Crippen LogP contribution in [0.25, 0.3) is 0 Å². The number of rotatable bonds is 2. The molecule has 0 radical (unpaired) electrons. The summed E-state index contributed by atoms with van der Waals surface area (Å²) in [4.78, 5) is 24.2. The number of amides is 2. The Balaban J connectivity index is 1.87. The summed E-state index contributed by atoms with van der Waals surface area (Å²) in [6.07, 6.45) is -0.0428. The van der Waals surface area contributed by atoms with Gasteiger partial charge >= 0.3 is 0 Å². The summed E-state index contributed by atoms with van der Waals surface area (Å²) < 4.78 is 26.8. The number of halogens is 2. The molecule has 0 aliphatic carbocycles. The van der Waals surface area contributed by atoms with Crippen LogP contribution in [0.2, 0.25) is 0 Å². The summed E-state index contributed by atoms with van der Waals surface area (Å²) in [7, 11) is 0. The zero-order valence-corrected chi connectivity index (χ0v) is 12.3. The molecule has 118 valence electrons. The van der Waals surface area contributed by atoms with Crippen molar-refractivity contribution in [2.45, 2.75) is 19.3 Å². The van der Waals surface area contributed by atoms with Crippen LogP contribution in [0.4, 0.5) is 20.2 Å². The quantitative estimate of drug-likeness (QED) is 0.893. The molecule has 0 saturated carbocycles. The first kappa shape index (κ1) is 15.1. The SMILES string of the molecule is Cc1ccc(NC(=O)[C@H]2CC(=O)Nc3cc(F)ccc32)cc1F. The van der Waals surface area contributed by atoms with Gasteiger partial charge in [0, 0.05) is 17.8 Å². The predicted molar refractivity (Wildman–Crippen MR) is 82.2 cm³/mol. The van der Waals surface area contributed by atoms with Gasteiger partial charge in [-0.3, -0.25) is 9.59 Å². The highest BCUT2D eigenvalue weighted by molar-refractivity contribution is 6.05. The Morgan fingerprint density at radius 1 is 1.22 bits per heavy atom. The third kappa shape index (κ3) is 3.06. The number of carbonyl (C=O) groups excluding carboxylic acids is 2. The fourth-order valence-corrected chi connectivity index (χ4v) is 2.57. The minimum Gasteiger partial charge on any atom is -0.326 e. The molecule has 0 fully saturated rings. The summed E-state index contributed by atoms with van der Waals surface area (Å²) >= 11 is 0. The van der Waals surface area contributed by atoms with Crippen molar-refractivity contribution in [3.63, 3.8) is 0 Å². The van der Waals surface area contributed by atoms with Gasteiger partial charge in [0.15, 0.2) is 0 Å². The molecule has 2 aromatic rings. The molecule has 1 atom stereocenters. The van der Waals surface area contributed by atoms with Gasteiger partial charge in [-0.05, 0) is 42.3 Å². The molecule has 0 spiro atoms. The molecule has 2 amide bonds. The topological polar surface area (TPSA) is 58.2 Å². The van der Waals surface area contributed by atoms with Crippen molar-refractivity contribution in [2.24, 2.45) is 0 Å². The van der Waals surface area contributed by atoms with Crippen LogP contribution in [0.3, 0.4) is 0 Å². The van der Waals surface area contributed by atoms with E-state index >= 15 is 0 Å². The molecule has 1 aliphatic heterocycles. The van der Waals surface area contributed by atoms with Crippen LogP contribution in [-0.4, -0.2) is 11.8 Å². The third-order valence-corrected chi connectivity index (χ3v) is 3.81. The van der Waals surface area contributed by atoms with Crippen molar-refractivity contribution in [3.8, 4) is 0 Å². The Labute approximate surface area is 131 Å². The average molecular weight is 316 g/mol. The van der Waals surface area contributed by atoms with Crippen molar-refractivity contribution in [1.82, 2.24) is 0 Å². The minimum absolute atomic E-state index is 0.0428. The fraction of sp³-hybridized carbons (Fsp3) is 0.176. The maximum absolute atomic E-state index is 13.6. The first-order chi connectivity index (χ1) is 10.9. The van der Waals surface area contributed by atoms with Crippen molar-refractivity contribution >= 4 is 23.2 Å². The number of benzene rings is 2. The molecule has 4 nitrogen and oxygen atoms in total. The van der Waals surface area contributed by atoms with Gasteiger partial charge < -0.3 is 10.6 Å². The second-order valence-corrected chi connectivity index (χ2v) is 5.49. The van der Waals surface area contributed by atoms with E-state index in [1.54, 1.807) is 19.1 Å². The van der Waals surface area contributed by atoms with Crippen molar-refractivity contribution in [1.29, 1.82) is 0 Å². The maximum atomic E-state index is 13.6. The van der Waals surface area contributed by atoms with Crippen LogP contribution >= 0.6 is 0 Å². The van der Waals surface area contributed by atoms with Gasteiger partial charge in [0.05, 0.1) is 5.92 Å². The highest BCUT2D eigenvalue weighted by Crippen LogP contribution is 2.33. The third-order valence-electron chi connectivity index (χ3n) is 3.81. The van der Waals surface area contributed by atoms with Gasteiger partial charge in [0.25, 0.3) is 0 Å². The second kappa shape index (κ2) is 5.79. The average Bonchev–Trinajstić information content (AvgIpc) is 2.49. The molecular formula is C17H14F2N2O2. The number of nitrogens with one attached hydrogen (secondary N) is 2. The maximum Gasteiger partial charge on any atom is 0.232 e. The summed E-state index contributed by atoms with van der Waals surface area (Å²) in [6.45, 7) is 1.62. The summed E-state index contributed by atoms with van der Waals surface area (Å²) in [6, 6.07) is 8.26. The second-order valence-electron chi connectivity index (χ2n) is 5.49. The van der Waals surface area contributed by atoms with E-state index in [4.69, 9.17) is 0 Å². The first-order valence-corrected chi connectivity index (χ1v) is 7.10. The number of aryl methyl sites for hydroxylation is 1. The number of fused-ring (bicyclic) bond motifs is 1. The lowest BCUT2D eigenvalue weighted by Crippen LogP contribution is -2.30. The van der Waals surface area contributed by atoms with Crippen molar-refractivity contribution in [3.05, 3.63) is 59.2 Å². The number of hydrogen-bond donors (Lipinski definition) is 2. The molecule has 23 heavy (non-hydrogen) atoms. The van der Waals surface area contributed by atoms with Crippen LogP contribution in [0.5, 0.6) is 0 Å². The van der Waals surface area contributed by atoms with Crippen molar-refractivity contribution in [2.75, 3.05) is 10.6 Å². The van der Waals surface area contributed by atoms with Gasteiger partial charge in [0.2, 0.25) is 11.8 Å². The van der Waals surface area contributed by atoms with E-state index in [1.165, 1.54) is 24.3 Å². The molecule has 0 bridgehead atoms. The number of hydrogen-bond acceptors (Lipinski definition) is 2. The molecule has 2 aromatic carbocycles. The van der Waals surface area contributed by atoms with E-state index in [9.17, 15) is 18.4 Å². The highest BCUT2D eigenvalue weighted by Gasteiger charge is 2.31. The first-order valence-electron chi connectivity index (χ1n) is 7.10. The lowest BCUT2D eigenvalue weighted by Gasteiger charge is -2.25. The molecule has 0 saturated heterocycles. The Hall–Kier alpha value is -2.76. The van der Waals surface area contributed by atoms with E-state index in [0.717, 1.165) is 0 Å². The molecular weight excluding hydrogens is 302 g/mol. The van der Waals surface area contributed by atoms with Gasteiger partial charge in [-0.15, -0.1) is 0 Å². The predicted octanol–water partition coefficient (Wildman–Crippen LogP) is 3.34. The molecule has 2 N–H and O–H groups in total. The minimum atomic E-state index is -0.747. The number of carbonyl (C=O) groups is 2. The lowest BCUT2D eigenvalue weighted by atomic mass is 9.89. The molecule has 1 aliphatic rings. The van der Waals surface area contributed by atoms with Gasteiger partial charge in [0.1, 0.15) is 11.6 Å². The van der Waals surface area contributed by atoms with E-state index in [1.807, 2.05) is 0 Å². The highest BCUT2D eigenvalue weighted by atomic mass is 19.1. The molecule has 3 rings (SSSR count). The normalized spacial score (nSPS) is 16.5. The van der Waals surface area contributed by atoms with Crippen LogP contribution in [0, 0.1) is 18.6 Å². The van der Waals surface area contributed by atoms with Crippen LogP contribution in [0.1, 0.15) is 23.5 Å². The molecule has 1 heterocycles. The molecule has 0 unspecified atom stereocenters.